The Hall–Kier alpha value is -0.870. The molecular formula is C9H10N2OS. The smallest absolute Gasteiger partial charge is 0.194 e. The summed E-state index contributed by atoms with van der Waals surface area (Å²) in [5.41, 5.74) is 0.514. The van der Waals surface area contributed by atoms with Crippen LogP contribution in [0.25, 0.3) is 4.96 Å². The topological polar surface area (TPSA) is 37.5 Å². The summed E-state index contributed by atoms with van der Waals surface area (Å²) in [4.78, 5) is 6.38. The molecule has 0 aromatic carbocycles. The van der Waals surface area contributed by atoms with Crippen LogP contribution in [0.4, 0.5) is 0 Å². The maximum atomic E-state index is 9.86. The van der Waals surface area contributed by atoms with Crippen molar-refractivity contribution in [2.45, 2.75) is 25.4 Å². The fourth-order valence-corrected chi connectivity index (χ4v) is 2.65. The Morgan fingerprint density at radius 3 is 2.92 bits per heavy atom. The van der Waals surface area contributed by atoms with Crippen LogP contribution in [0.5, 0.6) is 0 Å². The number of aryl methyl sites for hydroxylation is 1. The molecule has 1 saturated carbocycles. The SMILES string of the molecule is Cc1cn2cc(C3(O)CC3)sc2n1. The zero-order valence-electron chi connectivity index (χ0n) is 7.32. The highest BCUT2D eigenvalue weighted by Crippen LogP contribution is 2.47. The second-order valence-corrected chi connectivity index (χ2v) is 4.71. The van der Waals surface area contributed by atoms with Crippen LogP contribution in [0.2, 0.25) is 0 Å². The van der Waals surface area contributed by atoms with Gasteiger partial charge in [-0.05, 0) is 19.8 Å². The molecule has 0 unspecified atom stereocenters. The van der Waals surface area contributed by atoms with E-state index < -0.39 is 5.60 Å². The predicted molar refractivity (Wildman–Crippen MR) is 50.9 cm³/mol. The average Bonchev–Trinajstić information content (AvgIpc) is 2.53. The fraction of sp³-hybridized carbons (Fsp3) is 0.444. The maximum Gasteiger partial charge on any atom is 0.194 e. The average molecular weight is 194 g/mol. The number of fused-ring (bicyclic) bond motifs is 1. The van der Waals surface area contributed by atoms with E-state index in [0.29, 0.717) is 0 Å². The molecular weight excluding hydrogens is 184 g/mol. The number of hydrogen-bond acceptors (Lipinski definition) is 3. The first-order valence-corrected chi connectivity index (χ1v) is 5.17. The molecule has 3 nitrogen and oxygen atoms in total. The zero-order chi connectivity index (χ0) is 9.05. The van der Waals surface area contributed by atoms with Gasteiger partial charge in [0, 0.05) is 12.4 Å². The highest BCUT2D eigenvalue weighted by atomic mass is 32.1. The van der Waals surface area contributed by atoms with Crippen molar-refractivity contribution in [3.8, 4) is 0 Å². The molecule has 0 saturated heterocycles. The van der Waals surface area contributed by atoms with E-state index in [-0.39, 0.29) is 0 Å². The van der Waals surface area contributed by atoms with Crippen LogP contribution < -0.4 is 0 Å². The Bertz CT molecular complexity index is 435. The van der Waals surface area contributed by atoms with Crippen LogP contribution in [0.1, 0.15) is 23.4 Å². The third kappa shape index (κ3) is 1.02. The number of nitrogens with zero attached hydrogens (tertiary/aromatic N) is 2. The molecule has 0 bridgehead atoms. The molecule has 0 atom stereocenters. The van der Waals surface area contributed by atoms with Gasteiger partial charge in [-0.1, -0.05) is 11.3 Å². The van der Waals surface area contributed by atoms with Crippen LogP contribution in [0.15, 0.2) is 12.4 Å². The van der Waals surface area contributed by atoms with Gasteiger partial charge in [0.15, 0.2) is 4.96 Å². The van der Waals surface area contributed by atoms with E-state index >= 15 is 0 Å². The van der Waals surface area contributed by atoms with Crippen molar-refractivity contribution in [1.29, 1.82) is 0 Å². The van der Waals surface area contributed by atoms with Crippen LogP contribution in [-0.2, 0) is 5.60 Å². The fourth-order valence-electron chi connectivity index (χ4n) is 1.49. The van der Waals surface area contributed by atoms with Crippen molar-refractivity contribution < 1.29 is 5.11 Å². The summed E-state index contributed by atoms with van der Waals surface area (Å²) < 4.78 is 1.99. The molecule has 0 radical (unpaired) electrons. The van der Waals surface area contributed by atoms with Gasteiger partial charge in [0.2, 0.25) is 0 Å². The third-order valence-electron chi connectivity index (χ3n) is 2.46. The summed E-state index contributed by atoms with van der Waals surface area (Å²) in [6, 6.07) is 0. The summed E-state index contributed by atoms with van der Waals surface area (Å²) in [5, 5.41) is 9.86. The van der Waals surface area contributed by atoms with Crippen LogP contribution >= 0.6 is 11.3 Å². The molecule has 1 aliphatic carbocycles. The van der Waals surface area contributed by atoms with Crippen LogP contribution in [0.3, 0.4) is 0 Å². The van der Waals surface area contributed by atoms with E-state index in [1.54, 1.807) is 11.3 Å². The van der Waals surface area contributed by atoms with Gasteiger partial charge in [-0.15, -0.1) is 0 Å². The summed E-state index contributed by atoms with van der Waals surface area (Å²) in [6.45, 7) is 1.98. The van der Waals surface area contributed by atoms with Gasteiger partial charge in [0.1, 0.15) is 5.60 Å². The minimum absolute atomic E-state index is 0.515. The van der Waals surface area contributed by atoms with E-state index in [0.717, 1.165) is 28.4 Å². The molecule has 3 rings (SSSR count). The molecule has 1 N–H and O–H groups in total. The standard InChI is InChI=1S/C9H10N2OS/c1-6-4-11-5-7(9(12)2-3-9)13-8(11)10-6/h4-5,12H,2-3H2,1H3. The van der Waals surface area contributed by atoms with Gasteiger partial charge in [-0.3, -0.25) is 4.40 Å². The molecule has 2 aromatic rings. The van der Waals surface area contributed by atoms with Crippen molar-refractivity contribution >= 4 is 16.3 Å². The van der Waals surface area contributed by atoms with Crippen molar-refractivity contribution in [1.82, 2.24) is 9.38 Å². The number of hydrogen-bond donors (Lipinski definition) is 1. The van der Waals surface area contributed by atoms with Crippen LogP contribution in [-0.4, -0.2) is 14.5 Å². The zero-order valence-corrected chi connectivity index (χ0v) is 8.14. The van der Waals surface area contributed by atoms with E-state index in [1.165, 1.54) is 0 Å². The van der Waals surface area contributed by atoms with Gasteiger partial charge in [0.25, 0.3) is 0 Å². The molecule has 0 aliphatic heterocycles. The molecule has 68 valence electrons. The number of aliphatic hydroxyl groups is 1. The minimum Gasteiger partial charge on any atom is -0.384 e. The van der Waals surface area contributed by atoms with E-state index in [1.807, 2.05) is 23.7 Å². The van der Waals surface area contributed by atoms with Gasteiger partial charge >= 0.3 is 0 Å². The molecule has 1 fully saturated rings. The third-order valence-corrected chi connectivity index (χ3v) is 3.65. The normalized spacial score (nSPS) is 19.5. The molecule has 13 heavy (non-hydrogen) atoms. The predicted octanol–water partition coefficient (Wildman–Crippen LogP) is 1.69. The van der Waals surface area contributed by atoms with E-state index in [2.05, 4.69) is 4.98 Å². The number of imidazole rings is 1. The Morgan fingerprint density at radius 1 is 1.54 bits per heavy atom. The van der Waals surface area contributed by atoms with Crippen molar-refractivity contribution in [2.75, 3.05) is 0 Å². The number of rotatable bonds is 1. The number of thiazole rings is 1. The lowest BCUT2D eigenvalue weighted by Gasteiger charge is -2.00. The Kier molecular flexibility index (Phi) is 1.24. The summed E-state index contributed by atoms with van der Waals surface area (Å²) in [6.07, 6.45) is 5.78. The lowest BCUT2D eigenvalue weighted by Crippen LogP contribution is -2.00. The summed E-state index contributed by atoms with van der Waals surface area (Å²) in [7, 11) is 0. The van der Waals surface area contributed by atoms with Crippen molar-refractivity contribution in [2.24, 2.45) is 0 Å². The maximum absolute atomic E-state index is 9.86. The Labute approximate surface area is 79.7 Å². The molecule has 4 heteroatoms. The van der Waals surface area contributed by atoms with Crippen molar-refractivity contribution in [3.05, 3.63) is 23.0 Å². The van der Waals surface area contributed by atoms with E-state index in [9.17, 15) is 5.11 Å². The summed E-state index contributed by atoms with van der Waals surface area (Å²) in [5.74, 6) is 0. The molecule has 0 amide bonds. The molecule has 1 aliphatic rings. The van der Waals surface area contributed by atoms with Crippen LogP contribution in [0, 0.1) is 6.92 Å². The van der Waals surface area contributed by atoms with Crippen molar-refractivity contribution in [3.63, 3.8) is 0 Å². The second-order valence-electron chi connectivity index (χ2n) is 3.70. The molecule has 2 aromatic heterocycles. The second kappa shape index (κ2) is 2.13. The highest BCUT2D eigenvalue weighted by molar-refractivity contribution is 7.17. The first-order valence-electron chi connectivity index (χ1n) is 4.35. The quantitative estimate of drug-likeness (QED) is 0.750. The van der Waals surface area contributed by atoms with Gasteiger partial charge < -0.3 is 5.11 Å². The first kappa shape index (κ1) is 7.53. The van der Waals surface area contributed by atoms with Gasteiger partial charge in [-0.25, -0.2) is 4.98 Å². The Balaban J connectivity index is 2.18. The minimum atomic E-state index is -0.515. The molecule has 0 spiro atoms. The monoisotopic (exact) mass is 194 g/mol. The lowest BCUT2D eigenvalue weighted by molar-refractivity contribution is 0.155. The first-order chi connectivity index (χ1) is 6.17. The summed E-state index contributed by atoms with van der Waals surface area (Å²) >= 11 is 1.59. The largest absolute Gasteiger partial charge is 0.384 e. The van der Waals surface area contributed by atoms with E-state index in [4.69, 9.17) is 0 Å². The number of aromatic nitrogens is 2. The van der Waals surface area contributed by atoms with Gasteiger partial charge in [-0.2, -0.15) is 0 Å². The lowest BCUT2D eigenvalue weighted by atomic mass is 10.3. The Morgan fingerprint density at radius 2 is 2.31 bits per heavy atom. The van der Waals surface area contributed by atoms with Gasteiger partial charge in [0.05, 0.1) is 10.6 Å². The molecule has 2 heterocycles. The highest BCUT2D eigenvalue weighted by Gasteiger charge is 2.43.